The zero-order chi connectivity index (χ0) is 21.1. The predicted octanol–water partition coefficient (Wildman–Crippen LogP) is 4.57. The minimum atomic E-state index is -4.02. The van der Waals surface area contributed by atoms with Crippen LogP contribution in [0.3, 0.4) is 0 Å². The highest BCUT2D eigenvalue weighted by atomic mass is 32.2. The Morgan fingerprint density at radius 1 is 0.793 bits per heavy atom. The van der Waals surface area contributed by atoms with E-state index in [-0.39, 0.29) is 21.6 Å². The first-order valence-corrected chi connectivity index (χ1v) is 10.4. The normalized spacial score (nSPS) is 11.7. The summed E-state index contributed by atoms with van der Waals surface area (Å²) in [7, 11) is -2.75. The van der Waals surface area contributed by atoms with E-state index in [1.165, 1.54) is 31.4 Å². The predicted molar refractivity (Wildman–Crippen MR) is 111 cm³/mol. The molecular weight excluding hydrogens is 388 g/mol. The van der Waals surface area contributed by atoms with Gasteiger partial charge in [0.25, 0.3) is 0 Å². The molecule has 0 aliphatic heterocycles. The zero-order valence-corrected chi connectivity index (χ0v) is 17.3. The van der Waals surface area contributed by atoms with Crippen LogP contribution < -0.4 is 4.18 Å². The molecule has 0 fully saturated rings. The molecule has 29 heavy (non-hydrogen) atoms. The van der Waals surface area contributed by atoms with Crippen molar-refractivity contribution in [2.45, 2.75) is 24.2 Å². The summed E-state index contributed by atoms with van der Waals surface area (Å²) in [6, 6.07) is 22.5. The van der Waals surface area contributed by atoms with Crippen LogP contribution in [-0.2, 0) is 20.3 Å². The van der Waals surface area contributed by atoms with Gasteiger partial charge in [-0.2, -0.15) is 8.42 Å². The molecule has 0 atom stereocenters. The van der Waals surface area contributed by atoms with Crippen molar-refractivity contribution in [3.05, 3.63) is 95.6 Å². The van der Waals surface area contributed by atoms with Crippen molar-refractivity contribution in [1.82, 2.24) is 0 Å². The Morgan fingerprint density at radius 2 is 1.34 bits per heavy atom. The van der Waals surface area contributed by atoms with Crippen LogP contribution >= 0.6 is 0 Å². The highest BCUT2D eigenvalue weighted by molar-refractivity contribution is 7.87. The molecule has 0 amide bonds. The van der Waals surface area contributed by atoms with Gasteiger partial charge >= 0.3 is 16.1 Å². The van der Waals surface area contributed by atoms with Gasteiger partial charge in [0.2, 0.25) is 0 Å². The molecule has 3 aromatic rings. The van der Waals surface area contributed by atoms with Crippen molar-refractivity contribution in [2.75, 3.05) is 7.11 Å². The Labute approximate surface area is 171 Å². The van der Waals surface area contributed by atoms with Crippen molar-refractivity contribution in [3.63, 3.8) is 0 Å². The second kappa shape index (κ2) is 8.09. The van der Waals surface area contributed by atoms with Crippen LogP contribution in [0, 0.1) is 0 Å². The van der Waals surface area contributed by atoms with E-state index in [4.69, 9.17) is 4.18 Å². The molecule has 0 saturated heterocycles. The molecule has 0 heterocycles. The molecule has 0 N–H and O–H groups in total. The molecule has 0 aromatic heterocycles. The monoisotopic (exact) mass is 410 g/mol. The molecule has 3 aromatic carbocycles. The molecule has 0 aliphatic carbocycles. The average Bonchev–Trinajstić information content (AvgIpc) is 2.74. The largest absolute Gasteiger partial charge is 0.465 e. The number of ether oxygens (including phenoxy) is 1. The maximum atomic E-state index is 12.5. The van der Waals surface area contributed by atoms with Crippen LogP contribution in [0.15, 0.2) is 83.8 Å². The Morgan fingerprint density at radius 3 is 1.90 bits per heavy atom. The minimum absolute atomic E-state index is 0.0427. The number of carbonyl (C=O) groups is 1. The van der Waals surface area contributed by atoms with Crippen LogP contribution in [0.2, 0.25) is 0 Å². The lowest BCUT2D eigenvalue weighted by Crippen LogP contribution is -2.18. The molecule has 0 unspecified atom stereocenters. The molecule has 3 rings (SSSR count). The van der Waals surface area contributed by atoms with Crippen molar-refractivity contribution in [2.24, 2.45) is 0 Å². The molecule has 0 spiro atoms. The van der Waals surface area contributed by atoms with Gasteiger partial charge in [-0.3, -0.25) is 0 Å². The fourth-order valence-electron chi connectivity index (χ4n) is 3.00. The van der Waals surface area contributed by atoms with E-state index in [9.17, 15) is 13.2 Å². The van der Waals surface area contributed by atoms with E-state index in [2.05, 4.69) is 30.7 Å². The number of benzene rings is 3. The lowest BCUT2D eigenvalue weighted by Gasteiger charge is -2.26. The summed E-state index contributed by atoms with van der Waals surface area (Å²) in [6.07, 6.45) is 0. The Balaban J connectivity index is 1.79. The Bertz CT molecular complexity index is 1080. The van der Waals surface area contributed by atoms with E-state index < -0.39 is 16.1 Å². The third-order valence-electron chi connectivity index (χ3n) is 4.84. The standard InChI is InChI=1S/C23H22O5S/c1-23(2,18-7-5-4-6-8-18)19-11-13-20(14-12-19)28-29(25,26)21-15-9-17(10-16-21)22(24)27-3/h4-16H,1-3H3. The molecule has 0 aliphatic rings. The number of methoxy groups -OCH3 is 1. The summed E-state index contributed by atoms with van der Waals surface area (Å²) in [5.41, 5.74) is 2.23. The second-order valence-electron chi connectivity index (χ2n) is 7.07. The highest BCUT2D eigenvalue weighted by Crippen LogP contribution is 2.32. The topological polar surface area (TPSA) is 69.7 Å². The van der Waals surface area contributed by atoms with Gasteiger partial charge in [0.15, 0.2) is 0 Å². The fraction of sp³-hybridized carbons (Fsp3) is 0.174. The minimum Gasteiger partial charge on any atom is -0.465 e. The Kier molecular flexibility index (Phi) is 5.75. The summed E-state index contributed by atoms with van der Waals surface area (Å²) in [4.78, 5) is 11.4. The number of carbonyl (C=O) groups excluding carboxylic acids is 1. The van der Waals surface area contributed by atoms with Crippen molar-refractivity contribution in [3.8, 4) is 5.75 Å². The van der Waals surface area contributed by atoms with Crippen molar-refractivity contribution in [1.29, 1.82) is 0 Å². The van der Waals surface area contributed by atoms with Crippen molar-refractivity contribution >= 4 is 16.1 Å². The number of hydrogen-bond acceptors (Lipinski definition) is 5. The molecule has 0 bridgehead atoms. The van der Waals surface area contributed by atoms with Gasteiger partial charge in [0.05, 0.1) is 12.7 Å². The average molecular weight is 410 g/mol. The molecule has 6 heteroatoms. The first-order chi connectivity index (χ1) is 13.7. The number of rotatable bonds is 6. The molecule has 5 nitrogen and oxygen atoms in total. The van der Waals surface area contributed by atoms with Gasteiger partial charge in [-0.05, 0) is 47.5 Å². The van der Waals surface area contributed by atoms with E-state index in [0.29, 0.717) is 0 Å². The second-order valence-corrected chi connectivity index (χ2v) is 8.62. The van der Waals surface area contributed by atoms with Crippen LogP contribution in [0.5, 0.6) is 5.75 Å². The maximum absolute atomic E-state index is 12.5. The summed E-state index contributed by atoms with van der Waals surface area (Å²) in [5.74, 6) is -0.318. The Hall–Kier alpha value is -3.12. The lowest BCUT2D eigenvalue weighted by molar-refractivity contribution is 0.0600. The van der Waals surface area contributed by atoms with Gasteiger partial charge in [0, 0.05) is 5.41 Å². The van der Waals surface area contributed by atoms with Crippen LogP contribution in [-0.4, -0.2) is 21.5 Å². The molecule has 0 saturated carbocycles. The first kappa shape index (κ1) is 20.6. The number of esters is 1. The lowest BCUT2D eigenvalue weighted by atomic mass is 9.78. The summed E-state index contributed by atoms with van der Waals surface area (Å²) >= 11 is 0. The van der Waals surface area contributed by atoms with Gasteiger partial charge in [-0.1, -0.05) is 56.3 Å². The third-order valence-corrected chi connectivity index (χ3v) is 6.10. The molecule has 0 radical (unpaired) electrons. The highest BCUT2D eigenvalue weighted by Gasteiger charge is 2.23. The third kappa shape index (κ3) is 4.49. The zero-order valence-electron chi connectivity index (χ0n) is 16.5. The summed E-state index contributed by atoms with van der Waals surface area (Å²) in [5, 5.41) is 0. The SMILES string of the molecule is COC(=O)c1ccc(S(=O)(=O)Oc2ccc(C(C)(C)c3ccccc3)cc2)cc1. The quantitative estimate of drug-likeness (QED) is 0.440. The van der Waals surface area contributed by atoms with Crippen molar-refractivity contribution < 1.29 is 22.1 Å². The number of hydrogen-bond donors (Lipinski definition) is 0. The van der Waals surface area contributed by atoms with E-state index >= 15 is 0 Å². The van der Waals surface area contributed by atoms with Gasteiger partial charge in [-0.25, -0.2) is 4.79 Å². The van der Waals surface area contributed by atoms with Gasteiger partial charge in [0.1, 0.15) is 10.6 Å². The molecule has 150 valence electrons. The first-order valence-electron chi connectivity index (χ1n) is 9.03. The van der Waals surface area contributed by atoms with Crippen LogP contribution in [0.25, 0.3) is 0 Å². The molecular formula is C23H22O5S. The van der Waals surface area contributed by atoms with Gasteiger partial charge in [-0.15, -0.1) is 0 Å². The van der Waals surface area contributed by atoms with E-state index in [1.54, 1.807) is 12.1 Å². The van der Waals surface area contributed by atoms with E-state index in [1.807, 2.05) is 30.3 Å². The van der Waals surface area contributed by atoms with Gasteiger partial charge < -0.3 is 8.92 Å². The summed E-state index contributed by atoms with van der Waals surface area (Å²) < 4.78 is 34.9. The van der Waals surface area contributed by atoms with Crippen LogP contribution in [0.4, 0.5) is 0 Å². The van der Waals surface area contributed by atoms with E-state index in [0.717, 1.165) is 11.1 Å². The van der Waals surface area contributed by atoms with Crippen LogP contribution in [0.1, 0.15) is 35.3 Å². The smallest absolute Gasteiger partial charge is 0.339 e. The maximum Gasteiger partial charge on any atom is 0.339 e. The summed E-state index contributed by atoms with van der Waals surface area (Å²) in [6.45, 7) is 4.22. The fourth-order valence-corrected chi connectivity index (χ4v) is 3.93.